The average Bonchev–Trinajstić information content (AvgIpc) is 2.94. The first-order chi connectivity index (χ1) is 9.48. The van der Waals surface area contributed by atoms with E-state index in [1.165, 1.54) is 48.1 Å². The Kier molecular flexibility index (Phi) is 3.80. The number of aromatic nitrogens is 1. The van der Waals surface area contributed by atoms with Crippen molar-refractivity contribution in [2.45, 2.75) is 58.9 Å². The molecule has 0 radical (unpaired) electrons. The summed E-state index contributed by atoms with van der Waals surface area (Å²) in [5, 5.41) is 1.22. The van der Waals surface area contributed by atoms with Crippen LogP contribution in [0.5, 0.6) is 0 Å². The van der Waals surface area contributed by atoms with Gasteiger partial charge in [-0.1, -0.05) is 38.5 Å². The molecule has 112 valence electrons. The quantitative estimate of drug-likeness (QED) is 0.923. The van der Waals surface area contributed by atoms with E-state index in [2.05, 4.69) is 25.7 Å². The second-order valence-corrected chi connectivity index (χ2v) is 8.36. The van der Waals surface area contributed by atoms with Crippen LogP contribution in [-0.4, -0.2) is 18.1 Å². The van der Waals surface area contributed by atoms with E-state index in [0.717, 1.165) is 18.8 Å². The van der Waals surface area contributed by atoms with E-state index in [-0.39, 0.29) is 6.04 Å². The zero-order valence-corrected chi connectivity index (χ0v) is 13.8. The van der Waals surface area contributed by atoms with Gasteiger partial charge in [0, 0.05) is 24.0 Å². The molecule has 1 saturated heterocycles. The number of hydrogen-bond donors (Lipinski definition) is 1. The van der Waals surface area contributed by atoms with Gasteiger partial charge in [0.25, 0.3) is 0 Å². The van der Waals surface area contributed by atoms with E-state index in [9.17, 15) is 0 Å². The van der Waals surface area contributed by atoms with Crippen LogP contribution in [-0.2, 0) is 6.42 Å². The van der Waals surface area contributed by atoms with Gasteiger partial charge in [0.15, 0.2) is 5.13 Å². The van der Waals surface area contributed by atoms with Crippen LogP contribution in [0.15, 0.2) is 0 Å². The zero-order chi connectivity index (χ0) is 14.3. The Bertz CT molecular complexity index is 480. The van der Waals surface area contributed by atoms with Gasteiger partial charge in [-0.05, 0) is 37.0 Å². The Labute approximate surface area is 126 Å². The highest BCUT2D eigenvalue weighted by Gasteiger charge is 2.34. The highest BCUT2D eigenvalue weighted by Crippen LogP contribution is 2.44. The molecule has 1 aliphatic heterocycles. The zero-order valence-electron chi connectivity index (χ0n) is 13.0. The first-order valence-electron chi connectivity index (χ1n) is 7.98. The molecule has 3 nitrogen and oxygen atoms in total. The summed E-state index contributed by atoms with van der Waals surface area (Å²) in [6.07, 6.45) is 6.15. The number of anilines is 1. The molecule has 0 spiro atoms. The van der Waals surface area contributed by atoms with E-state index in [1.807, 2.05) is 11.3 Å². The second kappa shape index (κ2) is 5.30. The molecule has 2 atom stereocenters. The van der Waals surface area contributed by atoms with Gasteiger partial charge in [0.1, 0.15) is 0 Å². The average molecular weight is 293 g/mol. The van der Waals surface area contributed by atoms with Crippen LogP contribution in [0.3, 0.4) is 0 Å². The van der Waals surface area contributed by atoms with Gasteiger partial charge in [-0.3, -0.25) is 0 Å². The molecule has 3 rings (SSSR count). The molecular weight excluding hydrogens is 266 g/mol. The normalized spacial score (nSPS) is 28.7. The molecule has 0 amide bonds. The van der Waals surface area contributed by atoms with E-state index in [0.29, 0.717) is 5.41 Å². The fourth-order valence-corrected chi connectivity index (χ4v) is 4.88. The molecule has 4 heteroatoms. The lowest BCUT2D eigenvalue weighted by molar-refractivity contribution is 0.282. The van der Waals surface area contributed by atoms with Crippen LogP contribution in [0, 0.1) is 11.3 Å². The number of thiazole rings is 1. The monoisotopic (exact) mass is 293 g/mol. The Morgan fingerprint density at radius 3 is 3.00 bits per heavy atom. The lowest BCUT2D eigenvalue weighted by atomic mass is 9.77. The fourth-order valence-electron chi connectivity index (χ4n) is 3.77. The summed E-state index contributed by atoms with van der Waals surface area (Å²) in [5.41, 5.74) is 7.93. The van der Waals surface area contributed by atoms with Crippen LogP contribution >= 0.6 is 11.3 Å². The first kappa shape index (κ1) is 14.3. The predicted octanol–water partition coefficient (Wildman–Crippen LogP) is 3.74. The lowest BCUT2D eigenvalue weighted by Gasteiger charge is -2.32. The van der Waals surface area contributed by atoms with Crippen LogP contribution in [0.4, 0.5) is 5.13 Å². The summed E-state index contributed by atoms with van der Waals surface area (Å²) in [7, 11) is 0. The van der Waals surface area contributed by atoms with E-state index >= 15 is 0 Å². The minimum atomic E-state index is 0.189. The second-order valence-electron chi connectivity index (χ2n) is 7.35. The smallest absolute Gasteiger partial charge is 0.185 e. The van der Waals surface area contributed by atoms with Crippen molar-refractivity contribution in [2.75, 3.05) is 18.0 Å². The largest absolute Gasteiger partial charge is 0.348 e. The number of nitrogens with zero attached hydrogens (tertiary/aromatic N) is 2. The van der Waals surface area contributed by atoms with Crippen molar-refractivity contribution < 1.29 is 0 Å². The van der Waals surface area contributed by atoms with E-state index < -0.39 is 0 Å². The first-order valence-corrected chi connectivity index (χ1v) is 8.80. The maximum atomic E-state index is 6.36. The molecule has 2 aliphatic rings. The molecule has 20 heavy (non-hydrogen) atoms. The summed E-state index contributed by atoms with van der Waals surface area (Å²) in [5.74, 6) is 0.867. The molecule has 1 aromatic heterocycles. The molecule has 0 bridgehead atoms. The number of fused-ring (bicyclic) bond motifs is 1. The molecule has 1 aromatic rings. The summed E-state index contributed by atoms with van der Waals surface area (Å²) in [6.45, 7) is 9.27. The molecule has 2 unspecified atom stereocenters. The minimum Gasteiger partial charge on any atom is -0.348 e. The number of rotatable bonds is 3. The Hall–Kier alpha value is -0.610. The maximum Gasteiger partial charge on any atom is 0.185 e. The third kappa shape index (κ3) is 2.73. The van der Waals surface area contributed by atoms with Crippen LogP contribution in [0.1, 0.15) is 63.1 Å². The standard InChI is InChI=1S/C16H27N3S/c1-4-5-11-6-7-19(10-11)15-18-13-9-16(2,3)8-12(17)14(13)20-15/h11-12H,4-10,17H2,1-3H3. The van der Waals surface area contributed by atoms with Gasteiger partial charge in [-0.15, -0.1) is 0 Å². The van der Waals surface area contributed by atoms with Crippen LogP contribution in [0.2, 0.25) is 0 Å². The lowest BCUT2D eigenvalue weighted by Crippen LogP contribution is -2.28. The highest BCUT2D eigenvalue weighted by atomic mass is 32.1. The van der Waals surface area contributed by atoms with Crippen LogP contribution < -0.4 is 10.6 Å². The van der Waals surface area contributed by atoms with Crippen molar-refractivity contribution in [3.05, 3.63) is 10.6 Å². The van der Waals surface area contributed by atoms with Gasteiger partial charge >= 0.3 is 0 Å². The van der Waals surface area contributed by atoms with Gasteiger partial charge in [0.2, 0.25) is 0 Å². The molecule has 0 aromatic carbocycles. The van der Waals surface area contributed by atoms with E-state index in [1.54, 1.807) is 0 Å². The third-order valence-electron chi connectivity index (χ3n) is 4.72. The molecule has 2 heterocycles. The Morgan fingerprint density at radius 1 is 1.45 bits per heavy atom. The SMILES string of the molecule is CCCC1CCN(c2nc3c(s2)C(N)CC(C)(C)C3)C1. The molecule has 1 fully saturated rings. The summed E-state index contributed by atoms with van der Waals surface area (Å²) in [6, 6.07) is 0.189. The summed E-state index contributed by atoms with van der Waals surface area (Å²) in [4.78, 5) is 8.77. The van der Waals surface area contributed by atoms with Gasteiger partial charge in [-0.2, -0.15) is 0 Å². The van der Waals surface area contributed by atoms with Crippen molar-refractivity contribution >= 4 is 16.5 Å². The van der Waals surface area contributed by atoms with Crippen molar-refractivity contribution in [3.63, 3.8) is 0 Å². The maximum absolute atomic E-state index is 6.36. The van der Waals surface area contributed by atoms with Crippen molar-refractivity contribution in [1.82, 2.24) is 4.98 Å². The molecule has 2 N–H and O–H groups in total. The van der Waals surface area contributed by atoms with E-state index in [4.69, 9.17) is 10.7 Å². The van der Waals surface area contributed by atoms with Gasteiger partial charge in [-0.25, -0.2) is 4.98 Å². The molecule has 0 saturated carbocycles. The highest BCUT2D eigenvalue weighted by molar-refractivity contribution is 7.15. The summed E-state index contributed by atoms with van der Waals surface area (Å²) < 4.78 is 0. The summed E-state index contributed by atoms with van der Waals surface area (Å²) >= 11 is 1.85. The van der Waals surface area contributed by atoms with Gasteiger partial charge < -0.3 is 10.6 Å². The van der Waals surface area contributed by atoms with Crippen molar-refractivity contribution in [3.8, 4) is 0 Å². The molecule has 1 aliphatic carbocycles. The number of hydrogen-bond acceptors (Lipinski definition) is 4. The Balaban J connectivity index is 1.77. The number of nitrogens with two attached hydrogens (primary N) is 1. The predicted molar refractivity (Wildman–Crippen MR) is 86.4 cm³/mol. The third-order valence-corrected chi connectivity index (χ3v) is 6.02. The van der Waals surface area contributed by atoms with Crippen molar-refractivity contribution in [2.24, 2.45) is 17.1 Å². The fraction of sp³-hybridized carbons (Fsp3) is 0.812. The van der Waals surface area contributed by atoms with Crippen LogP contribution in [0.25, 0.3) is 0 Å². The molecular formula is C16H27N3S. The minimum absolute atomic E-state index is 0.189. The van der Waals surface area contributed by atoms with Crippen molar-refractivity contribution in [1.29, 1.82) is 0 Å². The Morgan fingerprint density at radius 2 is 2.25 bits per heavy atom. The topological polar surface area (TPSA) is 42.2 Å². The van der Waals surface area contributed by atoms with Gasteiger partial charge in [0.05, 0.1) is 5.69 Å².